The maximum Gasteiger partial charge on any atom is 0.335 e. The predicted molar refractivity (Wildman–Crippen MR) is 59.2 cm³/mol. The third-order valence-electron chi connectivity index (χ3n) is 2.53. The fraction of sp³-hybridized carbons (Fsp3) is 0.273. The van der Waals surface area contributed by atoms with Crippen LogP contribution >= 0.6 is 0 Å². The molecule has 0 fully saturated rings. The van der Waals surface area contributed by atoms with Crippen molar-refractivity contribution in [3.05, 3.63) is 23.8 Å². The molecule has 0 aromatic heterocycles. The Kier molecular flexibility index (Phi) is 3.17. The van der Waals surface area contributed by atoms with Gasteiger partial charge in [0.15, 0.2) is 12.7 Å². The van der Waals surface area contributed by atoms with Crippen molar-refractivity contribution in [2.24, 2.45) is 0 Å². The molecule has 0 spiro atoms. The van der Waals surface area contributed by atoms with E-state index in [1.807, 2.05) is 0 Å². The molecule has 2 atom stereocenters. The van der Waals surface area contributed by atoms with Crippen molar-refractivity contribution in [1.82, 2.24) is 0 Å². The third kappa shape index (κ3) is 2.27. The second-order valence-corrected chi connectivity index (χ2v) is 3.82. The van der Waals surface area contributed by atoms with Gasteiger partial charge in [-0.2, -0.15) is 0 Å². The lowest BCUT2D eigenvalue weighted by atomic mass is 10.0. The van der Waals surface area contributed by atoms with Crippen LogP contribution in [-0.4, -0.2) is 39.9 Å². The highest BCUT2D eigenvalue weighted by Crippen LogP contribution is 2.31. The topological polar surface area (TPSA) is 116 Å². The average Bonchev–Trinajstić information content (AvgIpc) is 2.36. The molecule has 0 radical (unpaired) electrons. The number of carboxylic acids is 1. The van der Waals surface area contributed by atoms with Crippen LogP contribution in [0.15, 0.2) is 18.2 Å². The first-order chi connectivity index (χ1) is 8.49. The number of carbonyl (C=O) groups is 2. The Morgan fingerprint density at radius 2 is 2.11 bits per heavy atom. The van der Waals surface area contributed by atoms with Crippen LogP contribution < -0.4 is 10.1 Å². The molecule has 1 aliphatic heterocycles. The number of amides is 1. The van der Waals surface area contributed by atoms with Gasteiger partial charge in [0.1, 0.15) is 11.9 Å². The Hall–Kier alpha value is -2.12. The van der Waals surface area contributed by atoms with Gasteiger partial charge in [0.25, 0.3) is 5.91 Å². The summed E-state index contributed by atoms with van der Waals surface area (Å²) >= 11 is 0. The molecule has 0 bridgehead atoms. The minimum Gasteiger partial charge on any atom is -0.482 e. The first kappa shape index (κ1) is 12.3. The lowest BCUT2D eigenvalue weighted by Crippen LogP contribution is -2.28. The number of anilines is 1. The molecule has 1 aromatic rings. The fourth-order valence-corrected chi connectivity index (χ4v) is 1.59. The van der Waals surface area contributed by atoms with Crippen molar-refractivity contribution in [1.29, 1.82) is 0 Å². The fourth-order valence-electron chi connectivity index (χ4n) is 1.59. The first-order valence-electron chi connectivity index (χ1n) is 5.14. The predicted octanol–water partition coefficient (Wildman–Crippen LogP) is -0.504. The van der Waals surface area contributed by atoms with Crippen LogP contribution in [0.1, 0.15) is 11.7 Å². The number of carbonyl (C=O) groups excluding carboxylic acids is 1. The van der Waals surface area contributed by atoms with Gasteiger partial charge in [-0.15, -0.1) is 0 Å². The number of hydrogen-bond acceptors (Lipinski definition) is 5. The lowest BCUT2D eigenvalue weighted by Gasteiger charge is -2.20. The summed E-state index contributed by atoms with van der Waals surface area (Å²) in [4.78, 5) is 21.6. The summed E-state index contributed by atoms with van der Waals surface area (Å²) in [5.41, 5.74) is 0.631. The molecule has 0 saturated carbocycles. The molecule has 2 unspecified atom stereocenters. The quantitative estimate of drug-likeness (QED) is 0.577. The Balaban J connectivity index is 2.26. The van der Waals surface area contributed by atoms with Gasteiger partial charge in [-0.05, 0) is 17.7 Å². The van der Waals surface area contributed by atoms with Crippen molar-refractivity contribution in [3.63, 3.8) is 0 Å². The summed E-state index contributed by atoms with van der Waals surface area (Å²) in [5, 5.41) is 30.0. The highest BCUT2D eigenvalue weighted by atomic mass is 16.5. The minimum atomic E-state index is -1.92. The molecule has 7 nitrogen and oxygen atoms in total. The van der Waals surface area contributed by atoms with Crippen LogP contribution in [0, 0.1) is 0 Å². The van der Waals surface area contributed by atoms with Crippen LogP contribution in [-0.2, 0) is 9.59 Å². The Morgan fingerprint density at radius 1 is 1.39 bits per heavy atom. The van der Waals surface area contributed by atoms with Crippen LogP contribution in [0.4, 0.5) is 5.69 Å². The Morgan fingerprint density at radius 3 is 2.78 bits per heavy atom. The number of hydrogen-bond donors (Lipinski definition) is 4. The van der Waals surface area contributed by atoms with E-state index in [9.17, 15) is 19.8 Å². The SMILES string of the molecule is O=C1COc2cc(C(O)C(O)C(=O)O)ccc2N1. The largest absolute Gasteiger partial charge is 0.482 e. The van der Waals surface area contributed by atoms with E-state index in [1.165, 1.54) is 18.2 Å². The van der Waals surface area contributed by atoms with Crippen LogP contribution in [0.5, 0.6) is 5.75 Å². The maximum absolute atomic E-state index is 11.0. The number of fused-ring (bicyclic) bond motifs is 1. The zero-order valence-corrected chi connectivity index (χ0v) is 9.16. The number of aliphatic carboxylic acids is 1. The molecule has 1 amide bonds. The summed E-state index contributed by atoms with van der Waals surface area (Å²) in [6, 6.07) is 4.26. The number of aliphatic hydroxyl groups is 2. The number of aliphatic hydroxyl groups excluding tert-OH is 2. The summed E-state index contributed by atoms with van der Waals surface area (Å²) in [6.07, 6.45) is -3.48. The van der Waals surface area contributed by atoms with Crippen molar-refractivity contribution < 1.29 is 29.6 Å². The van der Waals surface area contributed by atoms with Gasteiger partial charge < -0.3 is 25.4 Å². The summed E-state index contributed by atoms with van der Waals surface area (Å²) in [7, 11) is 0. The number of carboxylic acid groups (broad SMARTS) is 1. The van der Waals surface area contributed by atoms with E-state index in [0.29, 0.717) is 11.4 Å². The molecule has 4 N–H and O–H groups in total. The van der Waals surface area contributed by atoms with E-state index < -0.39 is 18.2 Å². The third-order valence-corrected chi connectivity index (χ3v) is 2.53. The standard InChI is InChI=1S/C11H11NO6/c13-8-4-18-7-3-5(1-2-6(7)12-8)9(14)10(15)11(16)17/h1-3,9-10,14-15H,4H2,(H,12,13)(H,16,17). The van der Waals surface area contributed by atoms with Gasteiger partial charge in [0.2, 0.25) is 0 Å². The molecule has 2 rings (SSSR count). The molecular formula is C11H11NO6. The summed E-state index contributed by atoms with van der Waals surface area (Å²) in [5.74, 6) is -1.49. The molecule has 7 heteroatoms. The molecule has 0 aliphatic carbocycles. The molecule has 1 aromatic carbocycles. The van der Waals surface area contributed by atoms with E-state index in [0.717, 1.165) is 0 Å². The van der Waals surface area contributed by atoms with E-state index in [2.05, 4.69) is 5.32 Å². The van der Waals surface area contributed by atoms with E-state index in [4.69, 9.17) is 9.84 Å². The van der Waals surface area contributed by atoms with E-state index in [1.54, 1.807) is 0 Å². The van der Waals surface area contributed by atoms with Gasteiger partial charge in [0.05, 0.1) is 5.69 Å². The average molecular weight is 253 g/mol. The van der Waals surface area contributed by atoms with Crippen LogP contribution in [0.25, 0.3) is 0 Å². The summed E-state index contributed by atoms with van der Waals surface area (Å²) < 4.78 is 5.11. The second-order valence-electron chi connectivity index (χ2n) is 3.82. The molecule has 96 valence electrons. The zero-order valence-electron chi connectivity index (χ0n) is 9.16. The van der Waals surface area contributed by atoms with Gasteiger partial charge in [-0.25, -0.2) is 4.79 Å². The van der Waals surface area contributed by atoms with Crippen LogP contribution in [0.2, 0.25) is 0 Å². The zero-order chi connectivity index (χ0) is 13.3. The van der Waals surface area contributed by atoms with Crippen molar-refractivity contribution in [2.45, 2.75) is 12.2 Å². The highest BCUT2D eigenvalue weighted by Gasteiger charge is 2.26. The smallest absolute Gasteiger partial charge is 0.335 e. The molecule has 18 heavy (non-hydrogen) atoms. The lowest BCUT2D eigenvalue weighted by molar-refractivity contribution is -0.153. The maximum atomic E-state index is 11.0. The van der Waals surface area contributed by atoms with E-state index >= 15 is 0 Å². The molecule has 1 heterocycles. The number of rotatable bonds is 3. The number of ether oxygens (including phenoxy) is 1. The highest BCUT2D eigenvalue weighted by molar-refractivity contribution is 5.95. The monoisotopic (exact) mass is 253 g/mol. The van der Waals surface area contributed by atoms with Crippen molar-refractivity contribution >= 4 is 17.6 Å². The minimum absolute atomic E-state index is 0.145. The Labute approximate surface area is 102 Å². The molecule has 1 aliphatic rings. The normalized spacial score (nSPS) is 17.1. The van der Waals surface area contributed by atoms with E-state index in [-0.39, 0.29) is 18.1 Å². The van der Waals surface area contributed by atoms with Crippen molar-refractivity contribution in [3.8, 4) is 5.75 Å². The Bertz CT molecular complexity index is 500. The van der Waals surface area contributed by atoms with Crippen molar-refractivity contribution in [2.75, 3.05) is 11.9 Å². The van der Waals surface area contributed by atoms with Gasteiger partial charge in [0, 0.05) is 0 Å². The molecular weight excluding hydrogens is 242 g/mol. The van der Waals surface area contributed by atoms with Gasteiger partial charge in [-0.3, -0.25) is 4.79 Å². The number of benzene rings is 1. The first-order valence-corrected chi connectivity index (χ1v) is 5.14. The van der Waals surface area contributed by atoms with Gasteiger partial charge >= 0.3 is 5.97 Å². The van der Waals surface area contributed by atoms with Crippen LogP contribution in [0.3, 0.4) is 0 Å². The summed E-state index contributed by atoms with van der Waals surface area (Å²) in [6.45, 7) is -0.145. The molecule has 0 saturated heterocycles. The van der Waals surface area contributed by atoms with Gasteiger partial charge in [-0.1, -0.05) is 6.07 Å². The number of nitrogens with one attached hydrogen (secondary N) is 1. The second kappa shape index (κ2) is 4.63.